The lowest BCUT2D eigenvalue weighted by molar-refractivity contribution is 0.0844. The fourth-order valence-electron chi connectivity index (χ4n) is 3.72. The van der Waals surface area contributed by atoms with Gasteiger partial charge in [0.1, 0.15) is 28.3 Å². The van der Waals surface area contributed by atoms with Crippen molar-refractivity contribution in [2.24, 2.45) is 0 Å². The van der Waals surface area contributed by atoms with E-state index in [1.807, 2.05) is 19.1 Å². The van der Waals surface area contributed by atoms with Crippen LogP contribution in [0.3, 0.4) is 0 Å². The van der Waals surface area contributed by atoms with E-state index in [2.05, 4.69) is 25.3 Å². The van der Waals surface area contributed by atoms with Crippen LogP contribution in [0.2, 0.25) is 5.02 Å². The Morgan fingerprint density at radius 3 is 2.82 bits per heavy atom. The summed E-state index contributed by atoms with van der Waals surface area (Å²) in [5.41, 5.74) is 3.80. The smallest absolute Gasteiger partial charge is 0.412 e. The number of carbonyl (C=O) groups excluding carboxylic acids is 1. The number of halogens is 2. The summed E-state index contributed by atoms with van der Waals surface area (Å²) < 4.78 is 31.8. The Morgan fingerprint density at radius 1 is 1.21 bits per heavy atom. The van der Waals surface area contributed by atoms with Gasteiger partial charge in [-0.15, -0.1) is 11.3 Å². The van der Waals surface area contributed by atoms with Crippen LogP contribution in [-0.2, 0) is 4.74 Å². The van der Waals surface area contributed by atoms with Crippen molar-refractivity contribution in [1.82, 2.24) is 19.9 Å². The van der Waals surface area contributed by atoms with E-state index < -0.39 is 18.0 Å². The minimum atomic E-state index is -0.748. The number of carbonyl (C=O) groups is 1. The quantitative estimate of drug-likeness (QED) is 0.246. The third kappa shape index (κ3) is 5.29. The fourth-order valence-corrected chi connectivity index (χ4v) is 5.03. The predicted octanol–water partition coefficient (Wildman–Crippen LogP) is 6.43. The molecule has 2 aromatic carbocycles. The van der Waals surface area contributed by atoms with E-state index in [0.29, 0.717) is 37.8 Å². The van der Waals surface area contributed by atoms with Crippen LogP contribution < -0.4 is 14.8 Å². The molecule has 1 amide bonds. The molecule has 3 aromatic heterocycles. The largest absolute Gasteiger partial charge is 0.487 e. The highest BCUT2D eigenvalue weighted by atomic mass is 35.5. The summed E-state index contributed by atoms with van der Waals surface area (Å²) in [7, 11) is 1.53. The van der Waals surface area contributed by atoms with E-state index >= 15 is 4.39 Å². The lowest BCUT2D eigenvalue weighted by Gasteiger charge is -2.15. The van der Waals surface area contributed by atoms with Gasteiger partial charge in [0.05, 0.1) is 40.9 Å². The van der Waals surface area contributed by atoms with Crippen LogP contribution in [0.25, 0.3) is 31.8 Å². The second-order valence-electron chi connectivity index (χ2n) is 8.35. The number of fused-ring (bicyclic) bond motifs is 2. The Labute approximate surface area is 225 Å². The van der Waals surface area contributed by atoms with Crippen molar-refractivity contribution in [3.05, 3.63) is 65.3 Å². The first-order valence-corrected chi connectivity index (χ1v) is 12.6. The summed E-state index contributed by atoms with van der Waals surface area (Å²) in [6, 6.07) is 8.74. The minimum absolute atomic E-state index is 0.0700. The highest BCUT2D eigenvalue weighted by Crippen LogP contribution is 2.40. The number of benzene rings is 2. The molecule has 12 heteroatoms. The second kappa shape index (κ2) is 10.7. The van der Waals surface area contributed by atoms with Gasteiger partial charge in [0.15, 0.2) is 11.6 Å². The molecule has 3 heterocycles. The van der Waals surface area contributed by atoms with E-state index in [-0.39, 0.29) is 17.4 Å². The average Bonchev–Trinajstić information content (AvgIpc) is 3.33. The molecule has 0 fully saturated rings. The Morgan fingerprint density at radius 2 is 2.05 bits per heavy atom. The van der Waals surface area contributed by atoms with Gasteiger partial charge in [-0.05, 0) is 43.7 Å². The molecular formula is C26H21ClFN5O4S. The van der Waals surface area contributed by atoms with Crippen molar-refractivity contribution in [2.45, 2.75) is 20.0 Å². The Bertz CT molecular complexity index is 1650. The molecule has 0 aliphatic heterocycles. The number of methoxy groups -OCH3 is 1. The Hall–Kier alpha value is -4.09. The predicted molar refractivity (Wildman–Crippen MR) is 144 cm³/mol. The number of ether oxygens (including phenoxy) is 3. The molecule has 1 N–H and O–H groups in total. The van der Waals surface area contributed by atoms with Crippen molar-refractivity contribution in [1.29, 1.82) is 0 Å². The van der Waals surface area contributed by atoms with Gasteiger partial charge in [-0.2, -0.15) is 0 Å². The SMILES string of the molecule is COc1cnc2c(-c3nc4c(Cl)c(F)c(OCC(C)OC(=O)Nc5cccnc5)cc4s3)cc(C)cc2n1. The van der Waals surface area contributed by atoms with Gasteiger partial charge in [-0.25, -0.2) is 24.1 Å². The fraction of sp³-hybridized carbons (Fsp3) is 0.192. The van der Waals surface area contributed by atoms with Crippen LogP contribution in [0, 0.1) is 12.7 Å². The molecule has 5 rings (SSSR count). The van der Waals surface area contributed by atoms with Gasteiger partial charge in [0.2, 0.25) is 5.88 Å². The van der Waals surface area contributed by atoms with Crippen molar-refractivity contribution in [3.63, 3.8) is 0 Å². The molecule has 0 bridgehead atoms. The summed E-state index contributed by atoms with van der Waals surface area (Å²) in [5, 5.41) is 3.01. The van der Waals surface area contributed by atoms with Crippen molar-refractivity contribution >= 4 is 56.0 Å². The zero-order chi connectivity index (χ0) is 26.8. The molecular weight excluding hydrogens is 533 g/mol. The number of amides is 1. The molecule has 1 unspecified atom stereocenters. The highest BCUT2D eigenvalue weighted by Gasteiger charge is 2.21. The van der Waals surface area contributed by atoms with Gasteiger partial charge in [0.25, 0.3) is 0 Å². The molecule has 0 aliphatic carbocycles. The first kappa shape index (κ1) is 25.6. The molecule has 5 aromatic rings. The zero-order valence-electron chi connectivity index (χ0n) is 20.5. The minimum Gasteiger partial charge on any atom is -0.487 e. The van der Waals surface area contributed by atoms with E-state index in [1.165, 1.54) is 36.9 Å². The second-order valence-corrected chi connectivity index (χ2v) is 9.76. The summed E-state index contributed by atoms with van der Waals surface area (Å²) in [6.45, 7) is 3.48. The number of thiazole rings is 1. The van der Waals surface area contributed by atoms with Crippen LogP contribution >= 0.6 is 22.9 Å². The first-order chi connectivity index (χ1) is 18.3. The van der Waals surface area contributed by atoms with E-state index in [9.17, 15) is 4.79 Å². The molecule has 0 saturated heterocycles. The summed E-state index contributed by atoms with van der Waals surface area (Å²) >= 11 is 7.68. The maximum Gasteiger partial charge on any atom is 0.412 e. The topological polar surface area (TPSA) is 108 Å². The lowest BCUT2D eigenvalue weighted by atomic mass is 10.1. The van der Waals surface area contributed by atoms with Crippen molar-refractivity contribution < 1.29 is 23.4 Å². The summed E-state index contributed by atoms with van der Waals surface area (Å²) in [6.07, 6.45) is 3.26. The highest BCUT2D eigenvalue weighted by molar-refractivity contribution is 7.21. The van der Waals surface area contributed by atoms with Gasteiger partial charge in [0, 0.05) is 17.8 Å². The Kier molecular flexibility index (Phi) is 7.21. The third-order valence-electron chi connectivity index (χ3n) is 5.43. The van der Waals surface area contributed by atoms with Crippen molar-refractivity contribution in [3.8, 4) is 22.2 Å². The molecule has 38 heavy (non-hydrogen) atoms. The summed E-state index contributed by atoms with van der Waals surface area (Å²) in [4.78, 5) is 29.6. The lowest BCUT2D eigenvalue weighted by Crippen LogP contribution is -2.25. The van der Waals surface area contributed by atoms with Crippen LogP contribution in [0.15, 0.2) is 48.9 Å². The number of hydrogen-bond donors (Lipinski definition) is 1. The number of hydrogen-bond acceptors (Lipinski definition) is 9. The maximum atomic E-state index is 15.1. The van der Waals surface area contributed by atoms with E-state index in [0.717, 1.165) is 11.1 Å². The van der Waals surface area contributed by atoms with E-state index in [4.69, 9.17) is 25.8 Å². The number of aryl methyl sites for hydroxylation is 1. The van der Waals surface area contributed by atoms with Gasteiger partial charge in [-0.3, -0.25) is 10.3 Å². The first-order valence-electron chi connectivity index (χ1n) is 11.4. The molecule has 0 saturated carbocycles. The van der Waals surface area contributed by atoms with Crippen LogP contribution in [0.4, 0.5) is 14.9 Å². The number of nitrogens with one attached hydrogen (secondary N) is 1. The van der Waals surface area contributed by atoms with Gasteiger partial charge >= 0.3 is 6.09 Å². The van der Waals surface area contributed by atoms with Crippen LogP contribution in [0.1, 0.15) is 12.5 Å². The molecule has 9 nitrogen and oxygen atoms in total. The molecule has 0 spiro atoms. The van der Waals surface area contributed by atoms with E-state index in [1.54, 1.807) is 25.3 Å². The van der Waals surface area contributed by atoms with Crippen LogP contribution in [-0.4, -0.2) is 45.8 Å². The third-order valence-corrected chi connectivity index (χ3v) is 6.81. The number of pyridine rings is 1. The maximum absolute atomic E-state index is 15.1. The Balaban J connectivity index is 1.37. The molecule has 1 atom stereocenters. The monoisotopic (exact) mass is 553 g/mol. The number of nitrogens with zero attached hydrogens (tertiary/aromatic N) is 4. The van der Waals surface area contributed by atoms with Crippen LogP contribution in [0.5, 0.6) is 11.6 Å². The zero-order valence-corrected chi connectivity index (χ0v) is 22.1. The molecule has 194 valence electrons. The standard InChI is InChI=1S/C26H21ClFN5O4S/c1-13-7-16(23-17(8-13)32-20(35-3)11-30-23)25-33-24-19(38-25)9-18(22(28)21(24)27)36-12-14(2)37-26(34)31-15-5-4-6-29-10-15/h4-11,14H,12H2,1-3H3,(H,31,34). The number of aromatic nitrogens is 4. The normalized spacial score (nSPS) is 11.9. The summed E-state index contributed by atoms with van der Waals surface area (Å²) in [5.74, 6) is -0.417. The number of anilines is 1. The average molecular weight is 554 g/mol. The number of rotatable bonds is 7. The molecule has 0 aliphatic rings. The van der Waals surface area contributed by atoms with Gasteiger partial charge < -0.3 is 14.2 Å². The van der Waals surface area contributed by atoms with Crippen molar-refractivity contribution in [2.75, 3.05) is 19.0 Å². The molecule has 0 radical (unpaired) electrons. The van der Waals surface area contributed by atoms with Gasteiger partial charge in [-0.1, -0.05) is 11.6 Å².